The molecule has 2 saturated heterocycles. The molecule has 2 aliphatic rings. The Morgan fingerprint density at radius 3 is 1.91 bits per heavy atom. The molecule has 178 valence electrons. The maximum atomic E-state index is 12.0. The molecule has 8 heteroatoms. The predicted octanol–water partition coefficient (Wildman–Crippen LogP) is 3.15. The summed E-state index contributed by atoms with van der Waals surface area (Å²) in [6.07, 6.45) is 2.82. The molecule has 1 aromatic carbocycles. The summed E-state index contributed by atoms with van der Waals surface area (Å²) in [6.45, 7) is 7.80. The molecule has 32 heavy (non-hydrogen) atoms. The van der Waals surface area contributed by atoms with Crippen molar-refractivity contribution in [3.05, 3.63) is 35.9 Å². The molecule has 0 spiro atoms. The van der Waals surface area contributed by atoms with Crippen LogP contribution < -0.4 is 5.32 Å². The fourth-order valence-corrected chi connectivity index (χ4v) is 3.69. The highest BCUT2D eigenvalue weighted by Gasteiger charge is 2.28. The summed E-state index contributed by atoms with van der Waals surface area (Å²) in [5.74, 6) is -0.122. The van der Waals surface area contributed by atoms with E-state index < -0.39 is 0 Å². The number of ether oxygens (including phenoxy) is 3. The molecule has 0 bridgehead atoms. The molecular formula is C24H36N2O6. The van der Waals surface area contributed by atoms with Crippen molar-refractivity contribution in [1.82, 2.24) is 10.2 Å². The van der Waals surface area contributed by atoms with E-state index >= 15 is 0 Å². The fraction of sp³-hybridized carbons (Fsp3) is 0.625. The highest BCUT2D eigenvalue weighted by molar-refractivity contribution is 5.73. The number of rotatable bonds is 6. The number of amides is 1. The van der Waals surface area contributed by atoms with Crippen LogP contribution in [0.25, 0.3) is 0 Å². The number of hydrogen-bond acceptors (Lipinski definition) is 7. The second kappa shape index (κ2) is 14.5. The number of nitrogens with zero attached hydrogens (tertiary/aromatic N) is 1. The largest absolute Gasteiger partial charge is 0.466 e. The van der Waals surface area contributed by atoms with Crippen LogP contribution in [0.15, 0.2) is 30.3 Å². The van der Waals surface area contributed by atoms with Crippen molar-refractivity contribution in [2.24, 2.45) is 11.8 Å². The molecule has 0 radical (unpaired) electrons. The first-order valence-corrected chi connectivity index (χ1v) is 11.5. The minimum Gasteiger partial charge on any atom is -0.466 e. The summed E-state index contributed by atoms with van der Waals surface area (Å²) in [6, 6.07) is 9.58. The molecule has 1 N–H and O–H groups in total. The van der Waals surface area contributed by atoms with Gasteiger partial charge in [-0.3, -0.25) is 9.59 Å². The lowest BCUT2D eigenvalue weighted by atomic mass is 9.97. The molecule has 2 aliphatic heterocycles. The summed E-state index contributed by atoms with van der Waals surface area (Å²) < 4.78 is 15.2. The van der Waals surface area contributed by atoms with E-state index in [0.717, 1.165) is 31.5 Å². The lowest BCUT2D eigenvalue weighted by Crippen LogP contribution is -2.40. The highest BCUT2D eigenvalue weighted by Crippen LogP contribution is 2.19. The lowest BCUT2D eigenvalue weighted by Gasteiger charge is -2.30. The van der Waals surface area contributed by atoms with E-state index in [0.29, 0.717) is 39.1 Å². The molecule has 1 amide bonds. The van der Waals surface area contributed by atoms with Crippen LogP contribution in [0.4, 0.5) is 4.79 Å². The second-order valence-electron chi connectivity index (χ2n) is 7.83. The quantitative estimate of drug-likeness (QED) is 0.528. The van der Waals surface area contributed by atoms with E-state index in [2.05, 4.69) is 5.32 Å². The van der Waals surface area contributed by atoms with Crippen molar-refractivity contribution >= 4 is 18.0 Å². The number of benzene rings is 1. The Balaban J connectivity index is 0.000000278. The molecule has 0 unspecified atom stereocenters. The molecule has 0 aliphatic carbocycles. The van der Waals surface area contributed by atoms with Gasteiger partial charge in [-0.2, -0.15) is 0 Å². The topological polar surface area (TPSA) is 94.2 Å². The first-order valence-electron chi connectivity index (χ1n) is 11.5. The number of hydrogen-bond donors (Lipinski definition) is 1. The summed E-state index contributed by atoms with van der Waals surface area (Å²) in [7, 11) is 0. The van der Waals surface area contributed by atoms with Crippen molar-refractivity contribution in [3.63, 3.8) is 0 Å². The van der Waals surface area contributed by atoms with Gasteiger partial charge in [-0.25, -0.2) is 4.79 Å². The Morgan fingerprint density at radius 2 is 1.38 bits per heavy atom. The highest BCUT2D eigenvalue weighted by atomic mass is 16.6. The van der Waals surface area contributed by atoms with E-state index in [1.165, 1.54) is 0 Å². The third-order valence-electron chi connectivity index (χ3n) is 5.54. The Labute approximate surface area is 190 Å². The third-order valence-corrected chi connectivity index (χ3v) is 5.54. The number of nitrogens with one attached hydrogen (secondary N) is 1. The molecule has 8 nitrogen and oxygen atoms in total. The number of likely N-dealkylation sites (tertiary alicyclic amines) is 1. The van der Waals surface area contributed by atoms with Crippen molar-refractivity contribution in [2.75, 3.05) is 39.4 Å². The normalized spacial score (nSPS) is 17.0. The van der Waals surface area contributed by atoms with E-state index in [4.69, 9.17) is 14.2 Å². The van der Waals surface area contributed by atoms with Gasteiger partial charge in [-0.05, 0) is 58.2 Å². The molecule has 1 aromatic rings. The van der Waals surface area contributed by atoms with E-state index in [-0.39, 0.29) is 36.5 Å². The van der Waals surface area contributed by atoms with Gasteiger partial charge in [0.15, 0.2) is 0 Å². The summed E-state index contributed by atoms with van der Waals surface area (Å²) >= 11 is 0. The van der Waals surface area contributed by atoms with E-state index in [1.807, 2.05) is 37.3 Å². The fourth-order valence-electron chi connectivity index (χ4n) is 3.69. The summed E-state index contributed by atoms with van der Waals surface area (Å²) in [5.41, 5.74) is 0.965. The Kier molecular flexibility index (Phi) is 11.6. The van der Waals surface area contributed by atoms with Gasteiger partial charge >= 0.3 is 18.0 Å². The van der Waals surface area contributed by atoms with E-state index in [9.17, 15) is 14.4 Å². The van der Waals surface area contributed by atoms with Gasteiger partial charge in [-0.15, -0.1) is 0 Å². The van der Waals surface area contributed by atoms with Gasteiger partial charge in [-0.1, -0.05) is 30.3 Å². The van der Waals surface area contributed by atoms with Gasteiger partial charge in [0, 0.05) is 13.1 Å². The SMILES string of the molecule is CCOC(=O)C1CCN(C(=O)OCc2ccccc2)CC1.CCOC(=O)C1CCNCC1. The Morgan fingerprint density at radius 1 is 0.844 bits per heavy atom. The minimum atomic E-state index is -0.318. The van der Waals surface area contributed by atoms with E-state index in [1.54, 1.807) is 11.8 Å². The molecule has 0 saturated carbocycles. The zero-order valence-electron chi connectivity index (χ0n) is 19.2. The van der Waals surface area contributed by atoms with Crippen molar-refractivity contribution in [2.45, 2.75) is 46.1 Å². The standard InChI is InChI=1S/C16H21NO4.C8H15NO2/c1-2-20-15(18)14-8-10-17(11-9-14)16(19)21-12-13-6-4-3-5-7-13;1-2-11-8(10)7-3-5-9-6-4-7/h3-7,14H,2,8-12H2,1H3;7,9H,2-6H2,1H3. The number of carbonyl (C=O) groups excluding carboxylic acids is 3. The average Bonchev–Trinajstić information content (AvgIpc) is 2.84. The minimum absolute atomic E-state index is 0.0194. The van der Waals surface area contributed by atoms with Crippen LogP contribution >= 0.6 is 0 Å². The average molecular weight is 449 g/mol. The summed E-state index contributed by atoms with van der Waals surface area (Å²) in [5, 5.41) is 3.20. The van der Waals surface area contributed by atoms with Crippen molar-refractivity contribution in [3.8, 4) is 0 Å². The van der Waals surface area contributed by atoms with Crippen LogP contribution in [-0.4, -0.2) is 62.3 Å². The van der Waals surface area contributed by atoms with Gasteiger partial charge in [0.25, 0.3) is 0 Å². The maximum Gasteiger partial charge on any atom is 0.410 e. The van der Waals surface area contributed by atoms with Crippen LogP contribution in [0.2, 0.25) is 0 Å². The summed E-state index contributed by atoms with van der Waals surface area (Å²) in [4.78, 5) is 36.4. The molecule has 0 atom stereocenters. The van der Waals surface area contributed by atoms with Crippen molar-refractivity contribution in [1.29, 1.82) is 0 Å². The zero-order valence-corrected chi connectivity index (χ0v) is 19.2. The molecule has 2 fully saturated rings. The molecular weight excluding hydrogens is 412 g/mol. The second-order valence-corrected chi connectivity index (χ2v) is 7.83. The van der Waals surface area contributed by atoms with Gasteiger partial charge < -0.3 is 24.4 Å². The third kappa shape index (κ3) is 8.86. The Hall–Kier alpha value is -2.61. The smallest absolute Gasteiger partial charge is 0.410 e. The molecule has 2 heterocycles. The maximum absolute atomic E-state index is 12.0. The first kappa shape index (κ1) is 25.6. The number of esters is 2. The van der Waals surface area contributed by atoms with Gasteiger partial charge in [0.1, 0.15) is 6.61 Å². The number of carbonyl (C=O) groups is 3. The number of piperidine rings is 2. The first-order chi connectivity index (χ1) is 15.5. The van der Waals surface area contributed by atoms with Crippen LogP contribution in [0.3, 0.4) is 0 Å². The van der Waals surface area contributed by atoms with Crippen LogP contribution in [0.1, 0.15) is 45.1 Å². The zero-order chi connectivity index (χ0) is 23.2. The molecule has 0 aromatic heterocycles. The van der Waals surface area contributed by atoms with Crippen LogP contribution in [0.5, 0.6) is 0 Å². The predicted molar refractivity (Wildman–Crippen MR) is 120 cm³/mol. The van der Waals surface area contributed by atoms with Crippen molar-refractivity contribution < 1.29 is 28.6 Å². The van der Waals surface area contributed by atoms with Gasteiger partial charge in [0.2, 0.25) is 0 Å². The lowest BCUT2D eigenvalue weighted by molar-refractivity contribution is -0.150. The molecule has 3 rings (SSSR count). The Bertz CT molecular complexity index is 698. The van der Waals surface area contributed by atoms with Gasteiger partial charge in [0.05, 0.1) is 25.0 Å². The monoisotopic (exact) mass is 448 g/mol. The van der Waals surface area contributed by atoms with Crippen LogP contribution in [-0.2, 0) is 30.4 Å². The van der Waals surface area contributed by atoms with Crippen LogP contribution in [0, 0.1) is 11.8 Å².